The van der Waals surface area contributed by atoms with Crippen molar-refractivity contribution in [1.29, 1.82) is 10.5 Å². The van der Waals surface area contributed by atoms with Gasteiger partial charge in [0.2, 0.25) is 0 Å². The maximum atomic E-state index is 12.7. The molecule has 0 amide bonds. The van der Waals surface area contributed by atoms with Gasteiger partial charge < -0.3 is 14.1 Å². The normalized spacial score (nSPS) is 10.9. The molecule has 2 aromatic heterocycles. The summed E-state index contributed by atoms with van der Waals surface area (Å²) < 4.78 is 10.7. The number of ether oxygens (including phenoxy) is 1. The van der Waals surface area contributed by atoms with E-state index >= 15 is 0 Å². The maximum absolute atomic E-state index is 12.7. The fraction of sp³-hybridized carbons (Fsp3) is 0.364. The molecule has 0 aliphatic heterocycles. The predicted octanol–water partition coefficient (Wildman–Crippen LogP) is 4.26. The molecule has 0 unspecified atom stereocenters. The van der Waals surface area contributed by atoms with Crippen LogP contribution in [0.3, 0.4) is 0 Å². The van der Waals surface area contributed by atoms with Gasteiger partial charge in [0, 0.05) is 36.5 Å². The Balaban J connectivity index is 2.29. The van der Waals surface area contributed by atoms with Crippen LogP contribution < -0.4 is 4.90 Å². The molecule has 2 rings (SSSR count). The minimum Gasteiger partial charge on any atom is -0.462 e. The summed E-state index contributed by atoms with van der Waals surface area (Å²) in [6.45, 7) is 9.11. The first-order chi connectivity index (χ1) is 14.4. The summed E-state index contributed by atoms with van der Waals surface area (Å²) in [4.78, 5) is 27.6. The number of ketones is 1. The molecule has 0 atom stereocenters. The van der Waals surface area contributed by atoms with E-state index in [1.165, 1.54) is 6.08 Å². The van der Waals surface area contributed by atoms with Crippen LogP contribution in [0.4, 0.5) is 5.88 Å². The van der Waals surface area contributed by atoms with Crippen LogP contribution >= 0.6 is 11.3 Å². The predicted molar refractivity (Wildman–Crippen MR) is 114 cm³/mol. The van der Waals surface area contributed by atoms with Crippen molar-refractivity contribution in [3.63, 3.8) is 0 Å². The van der Waals surface area contributed by atoms with Gasteiger partial charge in [0.1, 0.15) is 22.8 Å². The van der Waals surface area contributed by atoms with Crippen LogP contribution in [-0.2, 0) is 16.0 Å². The third-order valence-electron chi connectivity index (χ3n) is 4.51. The lowest BCUT2D eigenvalue weighted by Crippen LogP contribution is -2.20. The zero-order valence-electron chi connectivity index (χ0n) is 17.4. The van der Waals surface area contributed by atoms with Gasteiger partial charge in [-0.05, 0) is 39.3 Å². The van der Waals surface area contributed by atoms with E-state index in [0.29, 0.717) is 27.0 Å². The van der Waals surface area contributed by atoms with Crippen LogP contribution in [0.5, 0.6) is 0 Å². The Hall–Kier alpha value is -3.36. The molecule has 0 aliphatic carbocycles. The number of nitrogens with zero attached hydrogens (tertiary/aromatic N) is 3. The average Bonchev–Trinajstić information content (AvgIpc) is 3.31. The smallest absolute Gasteiger partial charge is 0.348 e. The number of esters is 1. The van der Waals surface area contributed by atoms with E-state index in [-0.39, 0.29) is 24.2 Å². The van der Waals surface area contributed by atoms with Gasteiger partial charge in [0.25, 0.3) is 0 Å². The number of carbonyl (C=O) groups is 2. The lowest BCUT2D eigenvalue weighted by atomic mass is 10.0. The molecule has 7 nitrogen and oxygen atoms in total. The van der Waals surface area contributed by atoms with Gasteiger partial charge in [0.05, 0.1) is 17.7 Å². The van der Waals surface area contributed by atoms with E-state index in [2.05, 4.69) is 0 Å². The van der Waals surface area contributed by atoms with Crippen molar-refractivity contribution in [2.75, 3.05) is 24.6 Å². The fourth-order valence-electron chi connectivity index (χ4n) is 2.92. The molecule has 0 saturated carbocycles. The van der Waals surface area contributed by atoms with Crippen molar-refractivity contribution in [2.45, 2.75) is 34.1 Å². The molecule has 0 aliphatic rings. The summed E-state index contributed by atoms with van der Waals surface area (Å²) >= 11 is 1.05. The molecule has 2 heterocycles. The Morgan fingerprint density at radius 1 is 1.23 bits per heavy atom. The summed E-state index contributed by atoms with van der Waals surface area (Å²) in [5.41, 5.74) is 0.680. The lowest BCUT2D eigenvalue weighted by Gasteiger charge is -2.16. The molecule has 0 aromatic carbocycles. The molecular weight excluding hydrogens is 402 g/mol. The molecule has 0 radical (unpaired) electrons. The van der Waals surface area contributed by atoms with Crippen LogP contribution in [0.1, 0.15) is 52.2 Å². The van der Waals surface area contributed by atoms with Gasteiger partial charge in [-0.15, -0.1) is 11.3 Å². The molecule has 0 spiro atoms. The first kappa shape index (κ1) is 22.9. The molecule has 156 valence electrons. The van der Waals surface area contributed by atoms with E-state index in [1.54, 1.807) is 26.0 Å². The second-order valence-electron chi connectivity index (χ2n) is 6.30. The minimum absolute atomic E-state index is 0.0805. The molecule has 30 heavy (non-hydrogen) atoms. The van der Waals surface area contributed by atoms with E-state index in [0.717, 1.165) is 24.4 Å². The first-order valence-electron chi connectivity index (χ1n) is 9.59. The SMILES string of the molecule is CCOC(=O)c1sc(CC(=O)C(C#N)=Cc2ccc(N(CC)CC)o2)c(C#N)c1C. The first-order valence-corrected chi connectivity index (χ1v) is 10.4. The number of carbonyl (C=O) groups excluding carboxylic acids is 2. The molecule has 0 N–H and O–H groups in total. The summed E-state index contributed by atoms with van der Waals surface area (Å²) in [5, 5.41) is 18.9. The van der Waals surface area contributed by atoms with E-state index in [1.807, 2.05) is 30.9 Å². The van der Waals surface area contributed by atoms with Gasteiger partial charge in [-0.3, -0.25) is 4.79 Å². The molecule has 0 saturated heterocycles. The third kappa shape index (κ3) is 4.97. The minimum atomic E-state index is -0.522. The summed E-state index contributed by atoms with van der Waals surface area (Å²) in [6, 6.07) is 7.45. The van der Waals surface area contributed by atoms with Crippen molar-refractivity contribution >= 4 is 35.0 Å². The summed E-state index contributed by atoms with van der Waals surface area (Å²) in [7, 11) is 0. The summed E-state index contributed by atoms with van der Waals surface area (Å²) in [6.07, 6.45) is 1.24. The number of allylic oxidation sites excluding steroid dienone is 1. The highest BCUT2D eigenvalue weighted by molar-refractivity contribution is 7.14. The number of anilines is 1. The molecular formula is C22H23N3O4S. The van der Waals surface area contributed by atoms with Crippen LogP contribution in [0.15, 0.2) is 22.1 Å². The Kier molecular flexibility index (Phi) is 7.97. The van der Waals surface area contributed by atoms with Gasteiger partial charge in [0.15, 0.2) is 11.7 Å². The van der Waals surface area contributed by atoms with Crippen LogP contribution in [0.25, 0.3) is 6.08 Å². The van der Waals surface area contributed by atoms with Gasteiger partial charge in [-0.1, -0.05) is 0 Å². The largest absolute Gasteiger partial charge is 0.462 e. The lowest BCUT2D eigenvalue weighted by molar-refractivity contribution is -0.114. The Labute approximate surface area is 179 Å². The van der Waals surface area contributed by atoms with Gasteiger partial charge in [-0.25, -0.2) is 4.79 Å². The highest BCUT2D eigenvalue weighted by atomic mass is 32.1. The van der Waals surface area contributed by atoms with Gasteiger partial charge in [-0.2, -0.15) is 10.5 Å². The highest BCUT2D eigenvalue weighted by Crippen LogP contribution is 2.30. The molecule has 2 aromatic rings. The number of hydrogen-bond donors (Lipinski definition) is 0. The van der Waals surface area contributed by atoms with Gasteiger partial charge >= 0.3 is 5.97 Å². The number of Topliss-reactive ketones (excluding diaryl/α,β-unsaturated/α-hetero) is 1. The van der Waals surface area contributed by atoms with Crippen LogP contribution in [0, 0.1) is 29.6 Å². The standard InChI is InChI=1S/C22H23N3O4S/c1-5-25(6-2)20-9-8-16(29-20)10-15(12-23)18(26)11-19-17(13-24)14(4)21(30-19)22(27)28-7-3/h8-10H,5-7,11H2,1-4H3. The average molecular weight is 426 g/mol. The fourth-order valence-corrected chi connectivity index (χ4v) is 4.07. The zero-order valence-corrected chi connectivity index (χ0v) is 18.3. The van der Waals surface area contributed by atoms with Crippen molar-refractivity contribution in [3.8, 4) is 12.1 Å². The summed E-state index contributed by atoms with van der Waals surface area (Å²) in [5.74, 6) is 0.0878. The van der Waals surface area contributed by atoms with E-state index in [9.17, 15) is 20.1 Å². The number of nitriles is 2. The number of rotatable bonds is 9. The van der Waals surface area contributed by atoms with Crippen molar-refractivity contribution in [2.24, 2.45) is 0 Å². The zero-order chi connectivity index (χ0) is 22.3. The molecule has 8 heteroatoms. The van der Waals surface area contributed by atoms with Crippen molar-refractivity contribution < 1.29 is 18.7 Å². The number of thiophene rings is 1. The van der Waals surface area contributed by atoms with E-state index < -0.39 is 11.8 Å². The quantitative estimate of drug-likeness (QED) is 0.335. The molecule has 0 bridgehead atoms. The van der Waals surface area contributed by atoms with Crippen LogP contribution in [0.2, 0.25) is 0 Å². The second kappa shape index (κ2) is 10.4. The van der Waals surface area contributed by atoms with Crippen molar-refractivity contribution in [3.05, 3.63) is 44.3 Å². The van der Waals surface area contributed by atoms with Crippen LogP contribution in [-0.4, -0.2) is 31.4 Å². The Bertz CT molecular complexity index is 1050. The highest BCUT2D eigenvalue weighted by Gasteiger charge is 2.23. The maximum Gasteiger partial charge on any atom is 0.348 e. The number of furan rings is 1. The Morgan fingerprint density at radius 2 is 1.93 bits per heavy atom. The van der Waals surface area contributed by atoms with E-state index in [4.69, 9.17) is 9.15 Å². The number of hydrogen-bond acceptors (Lipinski definition) is 8. The third-order valence-corrected chi connectivity index (χ3v) is 5.78. The topological polar surface area (TPSA) is 107 Å². The monoisotopic (exact) mass is 425 g/mol. The van der Waals surface area contributed by atoms with Crippen molar-refractivity contribution in [1.82, 2.24) is 0 Å². The second-order valence-corrected chi connectivity index (χ2v) is 7.41. The molecule has 0 fully saturated rings. The Morgan fingerprint density at radius 3 is 2.50 bits per heavy atom.